The molecule has 1 aliphatic rings. The van der Waals surface area contributed by atoms with Gasteiger partial charge in [0.05, 0.1) is 0 Å². The van der Waals surface area contributed by atoms with Crippen molar-refractivity contribution in [3.8, 4) is 0 Å². The van der Waals surface area contributed by atoms with E-state index in [1.165, 1.54) is 0 Å². The Bertz CT molecular complexity index is 290. The van der Waals surface area contributed by atoms with Crippen molar-refractivity contribution in [3.63, 3.8) is 0 Å². The van der Waals surface area contributed by atoms with Crippen LogP contribution in [0.5, 0.6) is 0 Å². The van der Waals surface area contributed by atoms with Crippen LogP contribution in [-0.4, -0.2) is 13.7 Å². The number of allylic oxidation sites excluding steroid dienone is 3. The van der Waals surface area contributed by atoms with E-state index < -0.39 is 14.3 Å². The van der Waals surface area contributed by atoms with Crippen molar-refractivity contribution in [1.29, 1.82) is 0 Å². The molecule has 0 aromatic rings. The molecular formula is C7H9ClO2S. The van der Waals surface area contributed by atoms with Crippen molar-refractivity contribution in [3.05, 3.63) is 24.3 Å². The number of halogens is 1. The van der Waals surface area contributed by atoms with E-state index in [0.717, 1.165) is 0 Å². The highest BCUT2D eigenvalue weighted by Gasteiger charge is 2.25. The van der Waals surface area contributed by atoms with Crippen LogP contribution in [0.1, 0.15) is 6.92 Å². The molecule has 0 bridgehead atoms. The molecular weight excluding hydrogens is 184 g/mol. The number of hydrogen-bond acceptors (Lipinski definition) is 2. The summed E-state index contributed by atoms with van der Waals surface area (Å²) >= 11 is 0. The fraction of sp³-hybridized carbons (Fsp3) is 0.429. The van der Waals surface area contributed by atoms with Gasteiger partial charge in [-0.3, -0.25) is 0 Å². The van der Waals surface area contributed by atoms with Crippen LogP contribution >= 0.6 is 10.7 Å². The normalized spacial score (nSPS) is 30.7. The summed E-state index contributed by atoms with van der Waals surface area (Å²) in [6, 6.07) is 0. The Morgan fingerprint density at radius 1 is 1.27 bits per heavy atom. The monoisotopic (exact) mass is 192 g/mol. The summed E-state index contributed by atoms with van der Waals surface area (Å²) in [5, 5.41) is -0.561. The molecule has 1 rings (SSSR count). The zero-order valence-electron chi connectivity index (χ0n) is 6.07. The SMILES string of the molecule is CC1C=CC=CC1S(=O)(=O)Cl. The average molecular weight is 193 g/mol. The highest BCUT2D eigenvalue weighted by molar-refractivity contribution is 8.14. The Morgan fingerprint density at radius 3 is 2.18 bits per heavy atom. The second kappa shape index (κ2) is 2.99. The molecule has 0 heterocycles. The van der Waals surface area contributed by atoms with Gasteiger partial charge in [-0.05, 0) is 5.92 Å². The molecule has 0 saturated heterocycles. The van der Waals surface area contributed by atoms with Gasteiger partial charge in [0.2, 0.25) is 9.05 Å². The van der Waals surface area contributed by atoms with Crippen molar-refractivity contribution < 1.29 is 8.42 Å². The van der Waals surface area contributed by atoms with Crippen molar-refractivity contribution in [1.82, 2.24) is 0 Å². The van der Waals surface area contributed by atoms with Gasteiger partial charge in [0.25, 0.3) is 0 Å². The summed E-state index contributed by atoms with van der Waals surface area (Å²) in [7, 11) is 1.75. The van der Waals surface area contributed by atoms with Crippen LogP contribution in [0.4, 0.5) is 0 Å². The first-order valence-electron chi connectivity index (χ1n) is 3.30. The molecule has 0 saturated carbocycles. The Balaban J connectivity index is 2.91. The first kappa shape index (κ1) is 8.81. The Kier molecular flexibility index (Phi) is 2.40. The number of hydrogen-bond donors (Lipinski definition) is 0. The summed E-state index contributed by atoms with van der Waals surface area (Å²) in [6.45, 7) is 1.82. The fourth-order valence-electron chi connectivity index (χ4n) is 1.05. The largest absolute Gasteiger partial charge is 0.239 e. The lowest BCUT2D eigenvalue weighted by atomic mass is 10.0. The fourth-order valence-corrected chi connectivity index (χ4v) is 2.59. The smallest absolute Gasteiger partial charge is 0.212 e. The van der Waals surface area contributed by atoms with Crippen LogP contribution in [0.25, 0.3) is 0 Å². The van der Waals surface area contributed by atoms with E-state index >= 15 is 0 Å². The number of rotatable bonds is 1. The van der Waals surface area contributed by atoms with Gasteiger partial charge in [-0.2, -0.15) is 0 Å². The van der Waals surface area contributed by atoms with Crippen molar-refractivity contribution >= 4 is 19.7 Å². The average Bonchev–Trinajstić information content (AvgIpc) is 1.86. The first-order chi connectivity index (χ1) is 5.02. The lowest BCUT2D eigenvalue weighted by Gasteiger charge is -2.16. The van der Waals surface area contributed by atoms with Crippen LogP contribution in [-0.2, 0) is 9.05 Å². The van der Waals surface area contributed by atoms with Crippen LogP contribution in [0.3, 0.4) is 0 Å². The van der Waals surface area contributed by atoms with E-state index in [2.05, 4.69) is 0 Å². The van der Waals surface area contributed by atoms with Crippen molar-refractivity contribution in [2.45, 2.75) is 12.2 Å². The van der Waals surface area contributed by atoms with Crippen LogP contribution in [0, 0.1) is 5.92 Å². The van der Waals surface area contributed by atoms with Gasteiger partial charge in [0.15, 0.2) is 0 Å². The quantitative estimate of drug-likeness (QED) is 0.593. The molecule has 0 amide bonds. The van der Waals surface area contributed by atoms with E-state index in [1.54, 1.807) is 12.2 Å². The predicted molar refractivity (Wildman–Crippen MR) is 46.0 cm³/mol. The molecule has 0 N–H and O–H groups in total. The molecule has 0 aromatic carbocycles. The molecule has 11 heavy (non-hydrogen) atoms. The maximum atomic E-state index is 10.9. The van der Waals surface area contributed by atoms with E-state index in [0.29, 0.717) is 0 Å². The molecule has 0 spiro atoms. The molecule has 62 valence electrons. The summed E-state index contributed by atoms with van der Waals surface area (Å²) in [5.41, 5.74) is 0. The van der Waals surface area contributed by atoms with Crippen LogP contribution < -0.4 is 0 Å². The molecule has 0 aromatic heterocycles. The Hall–Kier alpha value is -0.280. The second-order valence-electron chi connectivity index (χ2n) is 2.57. The molecule has 2 nitrogen and oxygen atoms in total. The van der Waals surface area contributed by atoms with Gasteiger partial charge >= 0.3 is 0 Å². The van der Waals surface area contributed by atoms with Gasteiger partial charge in [-0.1, -0.05) is 31.2 Å². The molecule has 2 atom stereocenters. The van der Waals surface area contributed by atoms with E-state index in [-0.39, 0.29) is 5.92 Å². The zero-order chi connectivity index (χ0) is 8.48. The summed E-state index contributed by atoms with van der Waals surface area (Å²) < 4.78 is 21.8. The summed E-state index contributed by atoms with van der Waals surface area (Å²) in [6.07, 6.45) is 6.95. The van der Waals surface area contributed by atoms with E-state index in [4.69, 9.17) is 10.7 Å². The Labute approximate surface area is 71.0 Å². The molecule has 1 aliphatic carbocycles. The second-order valence-corrected chi connectivity index (χ2v) is 5.36. The maximum Gasteiger partial charge on any atom is 0.239 e. The molecule has 4 heteroatoms. The minimum atomic E-state index is -3.44. The van der Waals surface area contributed by atoms with Crippen molar-refractivity contribution in [2.24, 2.45) is 5.92 Å². The topological polar surface area (TPSA) is 34.1 Å². The predicted octanol–water partition coefficient (Wildman–Crippen LogP) is 1.69. The van der Waals surface area contributed by atoms with Crippen LogP contribution in [0.2, 0.25) is 0 Å². The first-order valence-corrected chi connectivity index (χ1v) is 5.67. The van der Waals surface area contributed by atoms with Gasteiger partial charge < -0.3 is 0 Å². The lowest BCUT2D eigenvalue weighted by molar-refractivity contribution is 0.587. The summed E-state index contributed by atoms with van der Waals surface area (Å²) in [4.78, 5) is 0. The maximum absolute atomic E-state index is 10.9. The molecule has 0 fully saturated rings. The van der Waals surface area contributed by atoms with Gasteiger partial charge in [-0.25, -0.2) is 8.42 Å². The summed E-state index contributed by atoms with van der Waals surface area (Å²) in [5.74, 6) is -0.0255. The van der Waals surface area contributed by atoms with E-state index in [1.807, 2.05) is 19.1 Å². The molecule has 2 unspecified atom stereocenters. The standard InChI is InChI=1S/C7H9ClO2S/c1-6-4-2-3-5-7(6)11(8,9)10/h2-7H,1H3. The van der Waals surface area contributed by atoms with Gasteiger partial charge in [-0.15, -0.1) is 0 Å². The Morgan fingerprint density at radius 2 is 1.82 bits per heavy atom. The van der Waals surface area contributed by atoms with Gasteiger partial charge in [0, 0.05) is 10.7 Å². The molecule has 0 radical (unpaired) electrons. The van der Waals surface area contributed by atoms with Crippen molar-refractivity contribution in [2.75, 3.05) is 0 Å². The third kappa shape index (κ3) is 2.07. The lowest BCUT2D eigenvalue weighted by Crippen LogP contribution is -2.22. The third-order valence-corrected chi connectivity index (χ3v) is 3.52. The minimum absolute atomic E-state index is 0.0255. The molecule has 0 aliphatic heterocycles. The van der Waals surface area contributed by atoms with Gasteiger partial charge in [0.1, 0.15) is 5.25 Å². The zero-order valence-corrected chi connectivity index (χ0v) is 7.64. The highest BCUT2D eigenvalue weighted by atomic mass is 35.7. The van der Waals surface area contributed by atoms with E-state index in [9.17, 15) is 8.42 Å². The minimum Gasteiger partial charge on any atom is -0.212 e. The highest BCUT2D eigenvalue weighted by Crippen LogP contribution is 2.21. The van der Waals surface area contributed by atoms with Crippen LogP contribution in [0.15, 0.2) is 24.3 Å². The third-order valence-electron chi connectivity index (χ3n) is 1.67.